The second-order valence-electron chi connectivity index (χ2n) is 9.04. The summed E-state index contributed by atoms with van der Waals surface area (Å²) in [7, 11) is 3.56. The van der Waals surface area contributed by atoms with Crippen LogP contribution >= 0.6 is 0 Å². The summed E-state index contributed by atoms with van der Waals surface area (Å²) >= 11 is 0. The first-order chi connectivity index (χ1) is 14.0. The highest BCUT2D eigenvalue weighted by molar-refractivity contribution is 5.98. The largest absolute Gasteiger partial charge is 0.443 e. The molecule has 2 rings (SSSR count). The van der Waals surface area contributed by atoms with Gasteiger partial charge in [0, 0.05) is 33.7 Å². The molecule has 1 aromatic carbocycles. The average Bonchev–Trinajstić information content (AvgIpc) is 2.64. The van der Waals surface area contributed by atoms with Crippen LogP contribution in [0.3, 0.4) is 0 Å². The van der Waals surface area contributed by atoms with Crippen molar-refractivity contribution in [3.8, 4) is 0 Å². The summed E-state index contributed by atoms with van der Waals surface area (Å²) in [6, 6.07) is 8.07. The molecule has 1 heterocycles. The van der Waals surface area contributed by atoms with Crippen LogP contribution in [0.5, 0.6) is 0 Å². The maximum atomic E-state index is 13.3. The third kappa shape index (κ3) is 6.47. The fraction of sp³-hybridized carbons (Fsp3) is 0.609. The second kappa shape index (κ2) is 9.96. The number of carbonyl (C=O) groups excluding carboxylic acids is 2. The van der Waals surface area contributed by atoms with Gasteiger partial charge in [-0.3, -0.25) is 9.89 Å². The predicted octanol–water partition coefficient (Wildman–Crippen LogP) is 4.15. The van der Waals surface area contributed by atoms with Gasteiger partial charge in [0.15, 0.2) is 0 Å². The molecule has 1 saturated heterocycles. The Morgan fingerprint density at radius 2 is 1.87 bits per heavy atom. The van der Waals surface area contributed by atoms with Gasteiger partial charge in [0.1, 0.15) is 11.4 Å². The van der Waals surface area contributed by atoms with Crippen molar-refractivity contribution < 1.29 is 14.3 Å². The van der Waals surface area contributed by atoms with E-state index in [9.17, 15) is 9.59 Å². The van der Waals surface area contributed by atoms with E-state index in [1.807, 2.05) is 45.9 Å². The van der Waals surface area contributed by atoms with Crippen molar-refractivity contribution in [2.24, 2.45) is 10.9 Å². The van der Waals surface area contributed by atoms with Gasteiger partial charge >= 0.3 is 12.1 Å². The molecule has 0 aromatic heterocycles. The molecule has 0 unspecified atom stereocenters. The van der Waals surface area contributed by atoms with E-state index in [0.717, 1.165) is 17.5 Å². The van der Waals surface area contributed by atoms with E-state index < -0.39 is 11.7 Å². The van der Waals surface area contributed by atoms with E-state index >= 15 is 0 Å². The van der Waals surface area contributed by atoms with Crippen molar-refractivity contribution in [2.45, 2.75) is 53.2 Å². The molecule has 3 amide bonds. The Morgan fingerprint density at radius 1 is 1.23 bits per heavy atom. The molecule has 7 heteroatoms. The van der Waals surface area contributed by atoms with Gasteiger partial charge in [-0.15, -0.1) is 0 Å². The lowest BCUT2D eigenvalue weighted by atomic mass is 10.0. The molecule has 7 nitrogen and oxygen atoms in total. The first-order valence-electron chi connectivity index (χ1n) is 10.6. The van der Waals surface area contributed by atoms with Crippen LogP contribution in [0.25, 0.3) is 0 Å². The van der Waals surface area contributed by atoms with Crippen LogP contribution in [0.4, 0.5) is 9.59 Å². The second-order valence-corrected chi connectivity index (χ2v) is 9.04. The first kappa shape index (κ1) is 23.7. The average molecular weight is 417 g/mol. The van der Waals surface area contributed by atoms with Crippen molar-refractivity contribution in [3.63, 3.8) is 0 Å². The van der Waals surface area contributed by atoms with Crippen LogP contribution in [-0.4, -0.2) is 72.0 Å². The smallest absolute Gasteiger partial charge is 0.416 e. The Bertz CT molecular complexity index is 771. The van der Waals surface area contributed by atoms with Crippen molar-refractivity contribution in [3.05, 3.63) is 35.4 Å². The lowest BCUT2D eigenvalue weighted by Gasteiger charge is -2.39. The normalized spacial score (nSPS) is 16.1. The molecule has 0 radical (unpaired) electrons. The minimum Gasteiger partial charge on any atom is -0.443 e. The number of benzene rings is 1. The zero-order valence-electron chi connectivity index (χ0n) is 19.4. The number of aryl methyl sites for hydroxylation is 1. The van der Waals surface area contributed by atoms with E-state index in [0.29, 0.717) is 32.0 Å². The fourth-order valence-corrected chi connectivity index (χ4v) is 3.54. The summed E-state index contributed by atoms with van der Waals surface area (Å²) in [6.45, 7) is 11.7. The van der Waals surface area contributed by atoms with Gasteiger partial charge in [0.05, 0.1) is 12.5 Å². The molecule has 1 aliphatic heterocycles. The fourth-order valence-electron chi connectivity index (χ4n) is 3.54. The molecule has 0 aliphatic carbocycles. The molecule has 0 atom stereocenters. The molecule has 0 bridgehead atoms. The van der Waals surface area contributed by atoms with Crippen molar-refractivity contribution in [1.82, 2.24) is 14.7 Å². The van der Waals surface area contributed by atoms with Crippen molar-refractivity contribution in [2.75, 3.05) is 33.7 Å². The number of hydrogen-bond acceptors (Lipinski definition) is 4. The standard InChI is InChI=1S/C23H36N4O3/c1-8-12-24-20(19-15-25(6)21(28)26(7)16-19)27(22(29)30-23(3,4)5)14-18-11-9-10-17(2)13-18/h9-11,13,19H,8,12,14-16H2,1-7H3. The van der Waals surface area contributed by atoms with E-state index in [2.05, 4.69) is 13.0 Å². The topological polar surface area (TPSA) is 65.5 Å². The Balaban J connectivity index is 2.43. The molecule has 166 valence electrons. The number of carbonyl (C=O) groups is 2. The highest BCUT2D eigenvalue weighted by atomic mass is 16.6. The monoisotopic (exact) mass is 416 g/mol. The number of aliphatic imine (C=N–C) groups is 1. The number of rotatable bonds is 5. The summed E-state index contributed by atoms with van der Waals surface area (Å²) in [4.78, 5) is 35.3. The number of amides is 3. The van der Waals surface area contributed by atoms with Gasteiger partial charge in [-0.05, 0) is 39.7 Å². The highest BCUT2D eigenvalue weighted by Gasteiger charge is 2.36. The van der Waals surface area contributed by atoms with E-state index in [-0.39, 0.29) is 11.9 Å². The van der Waals surface area contributed by atoms with Crippen molar-refractivity contribution in [1.29, 1.82) is 0 Å². The molecule has 30 heavy (non-hydrogen) atoms. The number of nitrogens with zero attached hydrogens (tertiary/aromatic N) is 4. The molecule has 1 aliphatic rings. The summed E-state index contributed by atoms with van der Waals surface area (Å²) < 4.78 is 5.74. The van der Waals surface area contributed by atoms with E-state index in [4.69, 9.17) is 9.73 Å². The Kier molecular flexibility index (Phi) is 7.87. The molecule has 1 aromatic rings. The SMILES string of the molecule is CCCN=C(C1CN(C)C(=O)N(C)C1)N(Cc1cccc(C)c1)C(=O)OC(C)(C)C. The maximum Gasteiger partial charge on any atom is 0.416 e. The van der Waals surface area contributed by atoms with Crippen molar-refractivity contribution >= 4 is 18.0 Å². The third-order valence-corrected chi connectivity index (χ3v) is 4.82. The van der Waals surface area contributed by atoms with E-state index in [1.54, 1.807) is 28.8 Å². The summed E-state index contributed by atoms with van der Waals surface area (Å²) in [6.07, 6.45) is 0.453. The van der Waals surface area contributed by atoms with Crippen LogP contribution in [0, 0.1) is 12.8 Å². The third-order valence-electron chi connectivity index (χ3n) is 4.82. The quantitative estimate of drug-likeness (QED) is 0.535. The van der Waals surface area contributed by atoms with Crippen LogP contribution in [-0.2, 0) is 11.3 Å². The summed E-state index contributed by atoms with van der Waals surface area (Å²) in [5.41, 5.74) is 1.53. The molecular weight excluding hydrogens is 380 g/mol. The van der Waals surface area contributed by atoms with Gasteiger partial charge < -0.3 is 14.5 Å². The maximum absolute atomic E-state index is 13.3. The molecule has 0 spiro atoms. The first-order valence-corrected chi connectivity index (χ1v) is 10.6. The van der Waals surface area contributed by atoms with Gasteiger partial charge in [0.2, 0.25) is 0 Å². The van der Waals surface area contributed by atoms with Gasteiger partial charge in [-0.25, -0.2) is 9.59 Å². The lowest BCUT2D eigenvalue weighted by molar-refractivity contribution is 0.0345. The molecular formula is C23H36N4O3. The minimum atomic E-state index is -0.617. The van der Waals surface area contributed by atoms with Crippen LogP contribution in [0.2, 0.25) is 0 Å². The molecule has 0 N–H and O–H groups in total. The van der Waals surface area contributed by atoms with Gasteiger partial charge in [-0.2, -0.15) is 0 Å². The predicted molar refractivity (Wildman–Crippen MR) is 120 cm³/mol. The highest BCUT2D eigenvalue weighted by Crippen LogP contribution is 2.21. The Labute approximate surface area is 180 Å². The van der Waals surface area contributed by atoms with Crippen LogP contribution < -0.4 is 0 Å². The number of hydrogen-bond donors (Lipinski definition) is 0. The number of urea groups is 1. The van der Waals surface area contributed by atoms with Crippen LogP contribution in [0.15, 0.2) is 29.3 Å². The minimum absolute atomic E-state index is 0.0245. The molecule has 0 saturated carbocycles. The van der Waals surface area contributed by atoms with Gasteiger partial charge in [-0.1, -0.05) is 36.8 Å². The zero-order chi connectivity index (χ0) is 22.5. The van der Waals surface area contributed by atoms with Gasteiger partial charge in [0.25, 0.3) is 0 Å². The van der Waals surface area contributed by atoms with Crippen LogP contribution in [0.1, 0.15) is 45.2 Å². The zero-order valence-corrected chi connectivity index (χ0v) is 19.4. The van der Waals surface area contributed by atoms with E-state index in [1.165, 1.54) is 0 Å². The Morgan fingerprint density at radius 3 is 2.40 bits per heavy atom. The lowest BCUT2D eigenvalue weighted by Crippen LogP contribution is -2.55. The number of ether oxygens (including phenoxy) is 1. The summed E-state index contributed by atoms with van der Waals surface area (Å²) in [5.74, 6) is 0.598. The summed E-state index contributed by atoms with van der Waals surface area (Å²) in [5, 5.41) is 0. The number of amidine groups is 1. The molecule has 1 fully saturated rings. The Hall–Kier alpha value is -2.57.